The van der Waals surface area contributed by atoms with Crippen LogP contribution in [0.5, 0.6) is 0 Å². The Morgan fingerprint density at radius 3 is 2.71 bits per heavy atom. The summed E-state index contributed by atoms with van der Waals surface area (Å²) in [5.41, 5.74) is 7.39. The Labute approximate surface area is 102 Å². The lowest BCUT2D eigenvalue weighted by atomic mass is 9.82. The molecule has 0 aromatic carbocycles. The number of nitrogens with two attached hydrogens (primary N) is 1. The molecule has 0 saturated heterocycles. The summed E-state index contributed by atoms with van der Waals surface area (Å²) >= 11 is 0. The number of nitrogen functional groups attached to an aromatic ring is 1. The monoisotopic (exact) mass is 235 g/mol. The molecule has 1 heterocycles. The number of rotatable bonds is 3. The molecule has 94 valence electrons. The Kier molecular flexibility index (Phi) is 3.52. The minimum atomic E-state index is -0.201. The first-order valence-corrected chi connectivity index (χ1v) is 6.26. The number of hydrogen-bond donors (Lipinski definition) is 3. The lowest BCUT2D eigenvalue weighted by molar-refractivity contribution is 0.172. The van der Waals surface area contributed by atoms with Crippen LogP contribution in [0, 0.1) is 6.92 Å². The van der Waals surface area contributed by atoms with Crippen molar-refractivity contribution in [1.29, 1.82) is 0 Å². The molecule has 17 heavy (non-hydrogen) atoms. The van der Waals surface area contributed by atoms with E-state index in [9.17, 15) is 5.11 Å². The number of nitrogens with zero attached hydrogens (tertiary/aromatic N) is 1. The molecular weight excluding hydrogens is 214 g/mol. The van der Waals surface area contributed by atoms with Gasteiger partial charge in [0, 0.05) is 18.0 Å². The number of nitrogens with one attached hydrogen (secondary N) is 1. The van der Waals surface area contributed by atoms with E-state index in [1.165, 1.54) is 6.42 Å². The van der Waals surface area contributed by atoms with Crippen LogP contribution in [-0.4, -0.2) is 22.2 Å². The molecule has 1 aromatic rings. The third-order valence-corrected chi connectivity index (χ3v) is 3.65. The summed E-state index contributed by atoms with van der Waals surface area (Å²) in [5, 5.41) is 13.0. The fourth-order valence-corrected chi connectivity index (χ4v) is 2.43. The summed E-state index contributed by atoms with van der Waals surface area (Å²) in [5.74, 6) is 0.768. The number of aromatic nitrogens is 1. The van der Waals surface area contributed by atoms with Gasteiger partial charge < -0.3 is 16.2 Å². The van der Waals surface area contributed by atoms with E-state index in [2.05, 4.69) is 10.3 Å². The number of anilines is 2. The van der Waals surface area contributed by atoms with Gasteiger partial charge in [0.15, 0.2) is 0 Å². The third kappa shape index (κ3) is 2.69. The highest BCUT2D eigenvalue weighted by atomic mass is 16.3. The van der Waals surface area contributed by atoms with Crippen LogP contribution < -0.4 is 11.1 Å². The van der Waals surface area contributed by atoms with Crippen LogP contribution in [0.1, 0.15) is 37.7 Å². The second-order valence-corrected chi connectivity index (χ2v) is 5.05. The van der Waals surface area contributed by atoms with E-state index < -0.39 is 0 Å². The summed E-state index contributed by atoms with van der Waals surface area (Å²) in [6.07, 6.45) is 7.35. The Hall–Kier alpha value is -1.29. The van der Waals surface area contributed by atoms with E-state index >= 15 is 0 Å². The normalized spacial score (nSPS) is 18.9. The molecule has 0 aliphatic heterocycles. The van der Waals surface area contributed by atoms with Crippen LogP contribution >= 0.6 is 0 Å². The van der Waals surface area contributed by atoms with Crippen LogP contribution in [0.15, 0.2) is 12.3 Å². The maximum absolute atomic E-state index is 9.61. The fraction of sp³-hybridized carbons (Fsp3) is 0.615. The van der Waals surface area contributed by atoms with Crippen molar-refractivity contribution in [3.8, 4) is 0 Å². The maximum Gasteiger partial charge on any atom is 0.128 e. The minimum Gasteiger partial charge on any atom is -0.398 e. The Morgan fingerprint density at radius 2 is 2.12 bits per heavy atom. The smallest absolute Gasteiger partial charge is 0.128 e. The molecule has 0 atom stereocenters. The van der Waals surface area contributed by atoms with E-state index in [4.69, 9.17) is 5.73 Å². The molecule has 0 spiro atoms. The Bertz CT molecular complexity index is 386. The largest absolute Gasteiger partial charge is 0.398 e. The summed E-state index contributed by atoms with van der Waals surface area (Å²) in [7, 11) is 0. The zero-order valence-electron chi connectivity index (χ0n) is 10.4. The summed E-state index contributed by atoms with van der Waals surface area (Å²) < 4.78 is 0. The van der Waals surface area contributed by atoms with Gasteiger partial charge >= 0.3 is 0 Å². The molecule has 1 saturated carbocycles. The summed E-state index contributed by atoms with van der Waals surface area (Å²) in [6.45, 7) is 2.09. The van der Waals surface area contributed by atoms with Gasteiger partial charge in [-0.1, -0.05) is 19.3 Å². The first-order valence-electron chi connectivity index (χ1n) is 6.26. The van der Waals surface area contributed by atoms with E-state index in [1.807, 2.05) is 13.0 Å². The number of aliphatic hydroxyl groups is 1. The van der Waals surface area contributed by atoms with Crippen molar-refractivity contribution >= 4 is 11.5 Å². The SMILES string of the molecule is Cc1cnc(NC2(CO)CCCCC2)cc1N. The van der Waals surface area contributed by atoms with Crippen molar-refractivity contribution in [3.05, 3.63) is 17.8 Å². The summed E-state index contributed by atoms with van der Waals surface area (Å²) in [4.78, 5) is 4.32. The molecule has 1 aromatic heterocycles. The second kappa shape index (κ2) is 4.92. The molecule has 1 aliphatic rings. The number of aliphatic hydroxyl groups excluding tert-OH is 1. The molecule has 4 nitrogen and oxygen atoms in total. The van der Waals surface area contributed by atoms with Crippen molar-refractivity contribution in [3.63, 3.8) is 0 Å². The first kappa shape index (κ1) is 12.2. The molecule has 4 N–H and O–H groups in total. The van der Waals surface area contributed by atoms with Gasteiger partial charge in [0.25, 0.3) is 0 Å². The molecule has 0 unspecified atom stereocenters. The highest BCUT2D eigenvalue weighted by molar-refractivity contribution is 5.54. The predicted molar refractivity (Wildman–Crippen MR) is 69.9 cm³/mol. The van der Waals surface area contributed by atoms with Gasteiger partial charge in [-0.25, -0.2) is 4.98 Å². The molecule has 0 radical (unpaired) electrons. The number of pyridine rings is 1. The first-order chi connectivity index (χ1) is 8.15. The Balaban J connectivity index is 2.14. The maximum atomic E-state index is 9.61. The van der Waals surface area contributed by atoms with Crippen molar-refractivity contribution < 1.29 is 5.11 Å². The third-order valence-electron chi connectivity index (χ3n) is 3.65. The van der Waals surface area contributed by atoms with Gasteiger partial charge in [0.1, 0.15) is 5.82 Å². The number of hydrogen-bond acceptors (Lipinski definition) is 4. The molecule has 1 fully saturated rings. The summed E-state index contributed by atoms with van der Waals surface area (Å²) in [6, 6.07) is 1.85. The van der Waals surface area contributed by atoms with Gasteiger partial charge in [-0.05, 0) is 25.3 Å². The van der Waals surface area contributed by atoms with Crippen molar-refractivity contribution in [2.75, 3.05) is 17.7 Å². The van der Waals surface area contributed by atoms with E-state index in [0.29, 0.717) is 0 Å². The predicted octanol–water partition coefficient (Wildman–Crippen LogP) is 2.08. The molecule has 0 amide bonds. The molecule has 4 heteroatoms. The lowest BCUT2D eigenvalue weighted by Crippen LogP contribution is -2.44. The van der Waals surface area contributed by atoms with Gasteiger partial charge in [0.2, 0.25) is 0 Å². The molecule has 0 bridgehead atoms. The van der Waals surface area contributed by atoms with Crippen LogP contribution in [0.3, 0.4) is 0 Å². The van der Waals surface area contributed by atoms with E-state index in [0.717, 1.165) is 42.8 Å². The Morgan fingerprint density at radius 1 is 1.41 bits per heavy atom. The zero-order chi connectivity index (χ0) is 12.3. The standard InChI is InChI=1S/C13H21N3O/c1-10-8-15-12(7-11(10)14)16-13(9-17)5-3-2-4-6-13/h7-8,17H,2-6,9H2,1H3,(H3,14,15,16). The molecule has 1 aliphatic carbocycles. The van der Waals surface area contributed by atoms with Crippen LogP contribution in [-0.2, 0) is 0 Å². The van der Waals surface area contributed by atoms with Gasteiger partial charge in [-0.15, -0.1) is 0 Å². The van der Waals surface area contributed by atoms with Crippen LogP contribution in [0.2, 0.25) is 0 Å². The van der Waals surface area contributed by atoms with E-state index in [1.54, 1.807) is 6.20 Å². The average Bonchev–Trinajstić information content (AvgIpc) is 2.35. The highest BCUT2D eigenvalue weighted by Gasteiger charge is 2.31. The quantitative estimate of drug-likeness (QED) is 0.750. The number of aryl methyl sites for hydroxylation is 1. The molecule has 2 rings (SSSR count). The minimum absolute atomic E-state index is 0.155. The van der Waals surface area contributed by atoms with Crippen molar-refractivity contribution in [1.82, 2.24) is 4.98 Å². The average molecular weight is 235 g/mol. The zero-order valence-corrected chi connectivity index (χ0v) is 10.4. The van der Waals surface area contributed by atoms with Crippen LogP contribution in [0.25, 0.3) is 0 Å². The van der Waals surface area contributed by atoms with Crippen LogP contribution in [0.4, 0.5) is 11.5 Å². The topological polar surface area (TPSA) is 71.2 Å². The second-order valence-electron chi connectivity index (χ2n) is 5.05. The van der Waals surface area contributed by atoms with Gasteiger partial charge in [0.05, 0.1) is 12.1 Å². The molecular formula is C13H21N3O. The van der Waals surface area contributed by atoms with E-state index in [-0.39, 0.29) is 12.1 Å². The van der Waals surface area contributed by atoms with Gasteiger partial charge in [-0.3, -0.25) is 0 Å². The van der Waals surface area contributed by atoms with Crippen molar-refractivity contribution in [2.24, 2.45) is 0 Å². The fourth-order valence-electron chi connectivity index (χ4n) is 2.43. The van der Waals surface area contributed by atoms with Crippen molar-refractivity contribution in [2.45, 2.75) is 44.6 Å². The highest BCUT2D eigenvalue weighted by Crippen LogP contribution is 2.31. The van der Waals surface area contributed by atoms with Gasteiger partial charge in [-0.2, -0.15) is 0 Å². The lowest BCUT2D eigenvalue weighted by Gasteiger charge is -2.37.